The summed E-state index contributed by atoms with van der Waals surface area (Å²) < 4.78 is 20.3. The predicted octanol–water partition coefficient (Wildman–Crippen LogP) is 4.16. The zero-order valence-electron chi connectivity index (χ0n) is 17.6. The molecule has 3 aromatic rings. The van der Waals surface area contributed by atoms with Crippen LogP contribution in [0.4, 0.5) is 10.1 Å². The number of hydrogen-bond acceptors (Lipinski definition) is 5. The summed E-state index contributed by atoms with van der Waals surface area (Å²) in [6, 6.07) is 11.4. The van der Waals surface area contributed by atoms with Crippen molar-refractivity contribution in [2.45, 2.75) is 6.92 Å². The molecule has 156 valence electrons. The maximum absolute atomic E-state index is 15.1. The van der Waals surface area contributed by atoms with E-state index < -0.39 is 0 Å². The third-order valence-electron chi connectivity index (χ3n) is 5.61. The summed E-state index contributed by atoms with van der Waals surface area (Å²) in [4.78, 5) is 13.6. The van der Waals surface area contributed by atoms with Crippen LogP contribution in [0.2, 0.25) is 0 Å². The molecule has 6 heteroatoms. The van der Waals surface area contributed by atoms with Crippen molar-refractivity contribution in [3.63, 3.8) is 0 Å². The lowest BCUT2D eigenvalue weighted by Crippen LogP contribution is -2.47. The molecule has 1 aliphatic heterocycles. The van der Waals surface area contributed by atoms with Crippen LogP contribution in [0.5, 0.6) is 0 Å². The molecule has 0 N–H and O–H groups in total. The van der Waals surface area contributed by atoms with Gasteiger partial charge in [0, 0.05) is 50.8 Å². The highest BCUT2D eigenvalue weighted by atomic mass is 19.1. The molecule has 0 spiro atoms. The Balaban J connectivity index is 1.62. The van der Waals surface area contributed by atoms with Crippen LogP contribution >= 0.6 is 0 Å². The van der Waals surface area contributed by atoms with Crippen LogP contribution in [0.3, 0.4) is 0 Å². The zero-order valence-corrected chi connectivity index (χ0v) is 17.6. The number of hydrogen-bond donors (Lipinski definition) is 0. The Morgan fingerprint density at radius 1 is 1.10 bits per heavy atom. The smallest absolute Gasteiger partial charge is 0.147 e. The lowest BCUT2D eigenvalue weighted by atomic mass is 10.0. The van der Waals surface area contributed by atoms with Crippen molar-refractivity contribution in [3.05, 3.63) is 60.2 Å². The Hall–Kier alpha value is -2.83. The summed E-state index contributed by atoms with van der Waals surface area (Å²) in [5.41, 5.74) is 3.98. The van der Waals surface area contributed by atoms with Crippen LogP contribution in [-0.4, -0.2) is 61.3 Å². The second-order valence-corrected chi connectivity index (χ2v) is 7.59. The quantitative estimate of drug-likeness (QED) is 0.615. The van der Waals surface area contributed by atoms with Gasteiger partial charge in [0.2, 0.25) is 0 Å². The molecule has 0 atom stereocenters. The average Bonchev–Trinajstić information content (AvgIpc) is 2.77. The molecule has 4 rings (SSSR count). The number of ether oxygens (including phenoxy) is 1. The highest BCUT2D eigenvalue weighted by molar-refractivity contribution is 5.93. The highest BCUT2D eigenvalue weighted by Gasteiger charge is 2.20. The molecule has 1 aromatic heterocycles. The van der Waals surface area contributed by atoms with Gasteiger partial charge in [-0.1, -0.05) is 24.8 Å². The molecule has 0 unspecified atom stereocenters. The van der Waals surface area contributed by atoms with Crippen LogP contribution < -0.4 is 4.90 Å². The number of rotatable bonds is 6. The van der Waals surface area contributed by atoms with Crippen LogP contribution in [0.15, 0.2) is 43.0 Å². The highest BCUT2D eigenvalue weighted by Crippen LogP contribution is 2.31. The van der Waals surface area contributed by atoms with E-state index in [1.807, 2.05) is 37.3 Å². The minimum atomic E-state index is -0.220. The Labute approximate surface area is 176 Å². The van der Waals surface area contributed by atoms with E-state index in [1.165, 1.54) is 0 Å². The van der Waals surface area contributed by atoms with Gasteiger partial charge in [-0.25, -0.2) is 14.4 Å². The first-order valence-corrected chi connectivity index (χ1v) is 10.3. The van der Waals surface area contributed by atoms with Crippen LogP contribution in [-0.2, 0) is 4.74 Å². The van der Waals surface area contributed by atoms with Gasteiger partial charge in [0.1, 0.15) is 11.6 Å². The van der Waals surface area contributed by atoms with E-state index in [0.717, 1.165) is 67.1 Å². The van der Waals surface area contributed by atoms with Gasteiger partial charge < -0.3 is 9.64 Å². The van der Waals surface area contributed by atoms with Gasteiger partial charge in [0.15, 0.2) is 0 Å². The van der Waals surface area contributed by atoms with Crippen LogP contribution in [0.1, 0.15) is 11.4 Å². The van der Waals surface area contributed by atoms with E-state index in [0.29, 0.717) is 11.5 Å². The molecule has 0 aliphatic carbocycles. The summed E-state index contributed by atoms with van der Waals surface area (Å²) in [5, 5.41) is 0.900. The fourth-order valence-corrected chi connectivity index (χ4v) is 3.95. The van der Waals surface area contributed by atoms with Crippen LogP contribution in [0, 0.1) is 12.7 Å². The number of fused-ring (bicyclic) bond motifs is 1. The molecule has 5 nitrogen and oxygen atoms in total. The standard InChI is InChI=1S/C24H27FN4O/c1-4-18-5-7-22-20(15-18)24(27-17(2)26-22)19-6-8-23(21(25)16-19)29-11-9-28(10-12-29)13-14-30-3/h4-8,15-16H,1,9-14H2,2-3H3. The minimum absolute atomic E-state index is 0.220. The van der Waals surface area contributed by atoms with Crippen molar-refractivity contribution in [1.29, 1.82) is 0 Å². The fraction of sp³-hybridized carbons (Fsp3) is 0.333. The van der Waals surface area contributed by atoms with Gasteiger partial charge in [0.25, 0.3) is 0 Å². The molecular formula is C24H27FN4O. The maximum Gasteiger partial charge on any atom is 0.147 e. The molecule has 1 fully saturated rings. The number of anilines is 1. The monoisotopic (exact) mass is 406 g/mol. The van der Waals surface area contributed by atoms with Crippen molar-refractivity contribution in [2.24, 2.45) is 0 Å². The lowest BCUT2D eigenvalue weighted by molar-refractivity contribution is 0.144. The minimum Gasteiger partial charge on any atom is -0.383 e. The van der Waals surface area contributed by atoms with E-state index in [1.54, 1.807) is 19.3 Å². The summed E-state index contributed by atoms with van der Waals surface area (Å²) in [6.45, 7) is 10.8. The lowest BCUT2D eigenvalue weighted by Gasteiger charge is -2.36. The van der Waals surface area contributed by atoms with E-state index in [4.69, 9.17) is 4.74 Å². The first-order chi connectivity index (χ1) is 14.6. The van der Waals surface area contributed by atoms with Gasteiger partial charge in [-0.2, -0.15) is 0 Å². The van der Waals surface area contributed by atoms with Crippen molar-refractivity contribution in [3.8, 4) is 11.3 Å². The molecule has 30 heavy (non-hydrogen) atoms. The number of benzene rings is 2. The Morgan fingerprint density at radius 3 is 2.60 bits per heavy atom. The second-order valence-electron chi connectivity index (χ2n) is 7.59. The molecule has 0 saturated carbocycles. The Morgan fingerprint density at radius 2 is 1.90 bits per heavy atom. The number of aromatic nitrogens is 2. The first-order valence-electron chi connectivity index (χ1n) is 10.3. The zero-order chi connectivity index (χ0) is 21.1. The Kier molecular flexibility index (Phi) is 6.06. The van der Waals surface area contributed by atoms with E-state index in [9.17, 15) is 0 Å². The molecule has 0 radical (unpaired) electrons. The van der Waals surface area contributed by atoms with Crippen molar-refractivity contribution in [2.75, 3.05) is 51.3 Å². The molecular weight excluding hydrogens is 379 g/mol. The van der Waals surface area contributed by atoms with E-state index in [-0.39, 0.29) is 5.82 Å². The van der Waals surface area contributed by atoms with Gasteiger partial charge in [0.05, 0.1) is 23.5 Å². The first kappa shape index (κ1) is 20.4. The number of piperazine rings is 1. The number of nitrogens with zero attached hydrogens (tertiary/aromatic N) is 4. The van der Waals surface area contributed by atoms with Crippen molar-refractivity contribution in [1.82, 2.24) is 14.9 Å². The van der Waals surface area contributed by atoms with Crippen LogP contribution in [0.25, 0.3) is 28.2 Å². The second kappa shape index (κ2) is 8.90. The van der Waals surface area contributed by atoms with Crippen molar-refractivity contribution < 1.29 is 9.13 Å². The van der Waals surface area contributed by atoms with Gasteiger partial charge in [-0.3, -0.25) is 4.90 Å². The van der Waals surface area contributed by atoms with Crippen molar-refractivity contribution >= 4 is 22.7 Å². The third kappa shape index (κ3) is 4.20. The summed E-state index contributed by atoms with van der Waals surface area (Å²) in [6.07, 6.45) is 1.79. The predicted molar refractivity (Wildman–Crippen MR) is 120 cm³/mol. The number of aryl methyl sites for hydroxylation is 1. The molecule has 0 bridgehead atoms. The molecule has 2 aromatic carbocycles. The Bertz CT molecular complexity index is 1060. The SMILES string of the molecule is C=Cc1ccc2nc(C)nc(-c3ccc(N4CCN(CCOC)CC4)c(F)c3)c2c1. The topological polar surface area (TPSA) is 41.5 Å². The van der Waals surface area contributed by atoms with Gasteiger partial charge >= 0.3 is 0 Å². The summed E-state index contributed by atoms with van der Waals surface area (Å²) >= 11 is 0. The maximum atomic E-state index is 15.1. The van der Waals surface area contributed by atoms with E-state index >= 15 is 4.39 Å². The number of methoxy groups -OCH3 is 1. The number of halogens is 1. The molecule has 2 heterocycles. The van der Waals surface area contributed by atoms with E-state index in [2.05, 4.69) is 26.3 Å². The van der Waals surface area contributed by atoms with Gasteiger partial charge in [-0.15, -0.1) is 0 Å². The molecule has 1 aliphatic rings. The largest absolute Gasteiger partial charge is 0.383 e. The van der Waals surface area contributed by atoms with Gasteiger partial charge in [-0.05, 0) is 36.8 Å². The molecule has 0 amide bonds. The molecule has 1 saturated heterocycles. The summed E-state index contributed by atoms with van der Waals surface area (Å²) in [7, 11) is 1.72. The summed E-state index contributed by atoms with van der Waals surface area (Å²) in [5.74, 6) is 0.447. The third-order valence-corrected chi connectivity index (χ3v) is 5.61. The normalized spacial score (nSPS) is 15.0. The fourth-order valence-electron chi connectivity index (χ4n) is 3.95. The average molecular weight is 407 g/mol.